The third-order valence-corrected chi connectivity index (χ3v) is 4.51. The minimum absolute atomic E-state index is 0.0174. The van der Waals surface area contributed by atoms with Crippen molar-refractivity contribution in [3.8, 4) is 11.3 Å². The van der Waals surface area contributed by atoms with Gasteiger partial charge in [0.1, 0.15) is 0 Å². The van der Waals surface area contributed by atoms with Crippen LogP contribution >= 0.6 is 0 Å². The fourth-order valence-electron chi connectivity index (χ4n) is 3.15. The van der Waals surface area contributed by atoms with E-state index in [1.165, 1.54) is 0 Å². The Labute approximate surface area is 141 Å². The van der Waals surface area contributed by atoms with Gasteiger partial charge in [-0.2, -0.15) is 5.10 Å². The molecule has 2 aromatic rings. The molecule has 5 heteroatoms. The molecular formula is C19H23N3O2. The SMILES string of the molecule is CC(C)C(=O)N1CCC(n2nc(-c3ccccc3)ccc2=O)CC1. The minimum Gasteiger partial charge on any atom is -0.342 e. The molecule has 24 heavy (non-hydrogen) atoms. The molecule has 0 aliphatic carbocycles. The lowest BCUT2D eigenvalue weighted by Crippen LogP contribution is -2.42. The third-order valence-electron chi connectivity index (χ3n) is 4.51. The summed E-state index contributed by atoms with van der Waals surface area (Å²) in [4.78, 5) is 26.2. The average Bonchev–Trinajstić information content (AvgIpc) is 2.62. The highest BCUT2D eigenvalue weighted by atomic mass is 16.2. The maximum Gasteiger partial charge on any atom is 0.267 e. The molecular weight excluding hydrogens is 302 g/mol. The molecule has 126 valence electrons. The molecule has 0 radical (unpaired) electrons. The summed E-state index contributed by atoms with van der Waals surface area (Å²) in [6.07, 6.45) is 1.53. The highest BCUT2D eigenvalue weighted by Crippen LogP contribution is 2.23. The molecule has 1 amide bonds. The van der Waals surface area contributed by atoms with Gasteiger partial charge in [0, 0.05) is 30.6 Å². The summed E-state index contributed by atoms with van der Waals surface area (Å²) in [7, 11) is 0. The maximum absolute atomic E-state index is 12.2. The van der Waals surface area contributed by atoms with Crippen LogP contribution in [0, 0.1) is 5.92 Å². The molecule has 1 aromatic heterocycles. The molecule has 1 fully saturated rings. The number of nitrogens with zero attached hydrogens (tertiary/aromatic N) is 3. The predicted molar refractivity (Wildman–Crippen MR) is 93.6 cm³/mol. The van der Waals surface area contributed by atoms with E-state index in [0.717, 1.165) is 24.1 Å². The topological polar surface area (TPSA) is 55.2 Å². The lowest BCUT2D eigenvalue weighted by atomic mass is 10.0. The van der Waals surface area contributed by atoms with Gasteiger partial charge in [-0.25, -0.2) is 4.68 Å². The number of rotatable bonds is 3. The molecule has 0 unspecified atom stereocenters. The Bertz CT molecular complexity index is 760. The van der Waals surface area contributed by atoms with Crippen molar-refractivity contribution < 1.29 is 4.79 Å². The number of piperidine rings is 1. The molecule has 5 nitrogen and oxygen atoms in total. The summed E-state index contributed by atoms with van der Waals surface area (Å²) in [5, 5.41) is 4.57. The van der Waals surface area contributed by atoms with Crippen LogP contribution in [0.15, 0.2) is 47.3 Å². The quantitative estimate of drug-likeness (QED) is 0.872. The molecule has 0 bridgehead atoms. The van der Waals surface area contributed by atoms with Crippen LogP contribution in [0.5, 0.6) is 0 Å². The number of benzene rings is 1. The van der Waals surface area contributed by atoms with E-state index in [4.69, 9.17) is 0 Å². The number of likely N-dealkylation sites (tertiary alicyclic amines) is 1. The van der Waals surface area contributed by atoms with Crippen molar-refractivity contribution in [2.45, 2.75) is 32.7 Å². The fraction of sp³-hybridized carbons (Fsp3) is 0.421. The average molecular weight is 325 g/mol. The van der Waals surface area contributed by atoms with Crippen molar-refractivity contribution in [1.29, 1.82) is 0 Å². The first-order valence-electron chi connectivity index (χ1n) is 8.50. The van der Waals surface area contributed by atoms with Crippen molar-refractivity contribution >= 4 is 5.91 Å². The summed E-state index contributed by atoms with van der Waals surface area (Å²) in [5.41, 5.74) is 1.72. The monoisotopic (exact) mass is 325 g/mol. The van der Waals surface area contributed by atoms with Gasteiger partial charge in [-0.15, -0.1) is 0 Å². The molecule has 1 aliphatic rings. The van der Waals surface area contributed by atoms with Crippen LogP contribution in [-0.2, 0) is 4.79 Å². The summed E-state index contributed by atoms with van der Waals surface area (Å²) in [6.45, 7) is 5.21. The first-order chi connectivity index (χ1) is 11.6. The molecule has 1 saturated heterocycles. The molecule has 1 aromatic carbocycles. The van der Waals surface area contributed by atoms with Crippen LogP contribution in [0.1, 0.15) is 32.7 Å². The predicted octanol–water partition coefficient (Wildman–Crippen LogP) is 2.73. The largest absolute Gasteiger partial charge is 0.342 e. The molecule has 2 heterocycles. The van der Waals surface area contributed by atoms with E-state index in [9.17, 15) is 9.59 Å². The highest BCUT2D eigenvalue weighted by molar-refractivity contribution is 5.78. The lowest BCUT2D eigenvalue weighted by molar-refractivity contribution is -0.135. The van der Waals surface area contributed by atoms with Gasteiger partial charge in [0.05, 0.1) is 11.7 Å². The van der Waals surface area contributed by atoms with Gasteiger partial charge < -0.3 is 4.90 Å². The number of hydrogen-bond acceptors (Lipinski definition) is 3. The number of aromatic nitrogens is 2. The summed E-state index contributed by atoms with van der Waals surface area (Å²) in [5.74, 6) is 0.204. The number of carbonyl (C=O) groups excluding carboxylic acids is 1. The van der Waals surface area contributed by atoms with Crippen molar-refractivity contribution in [2.24, 2.45) is 5.92 Å². The van der Waals surface area contributed by atoms with E-state index in [-0.39, 0.29) is 23.4 Å². The second-order valence-corrected chi connectivity index (χ2v) is 6.58. The van der Waals surface area contributed by atoms with E-state index >= 15 is 0 Å². The number of hydrogen-bond donors (Lipinski definition) is 0. The molecule has 0 spiro atoms. The zero-order valence-corrected chi connectivity index (χ0v) is 14.2. The van der Waals surface area contributed by atoms with Crippen LogP contribution in [0.25, 0.3) is 11.3 Å². The van der Waals surface area contributed by atoms with Crippen LogP contribution in [0.3, 0.4) is 0 Å². The number of carbonyl (C=O) groups is 1. The summed E-state index contributed by atoms with van der Waals surface area (Å²) in [6, 6.07) is 13.3. The minimum atomic E-state index is -0.0803. The Morgan fingerprint density at radius 2 is 1.75 bits per heavy atom. The number of amides is 1. The Hall–Kier alpha value is -2.43. The third kappa shape index (κ3) is 3.40. The molecule has 0 N–H and O–H groups in total. The Morgan fingerprint density at radius 1 is 1.08 bits per heavy atom. The van der Waals surface area contributed by atoms with E-state index in [0.29, 0.717) is 13.1 Å². The maximum atomic E-state index is 12.2. The first-order valence-corrected chi connectivity index (χ1v) is 8.50. The van der Waals surface area contributed by atoms with Crippen LogP contribution < -0.4 is 5.56 Å². The van der Waals surface area contributed by atoms with Crippen molar-refractivity contribution in [2.75, 3.05) is 13.1 Å². The lowest BCUT2D eigenvalue weighted by Gasteiger charge is -2.33. The van der Waals surface area contributed by atoms with Crippen molar-refractivity contribution in [3.05, 3.63) is 52.8 Å². The fourth-order valence-corrected chi connectivity index (χ4v) is 3.15. The van der Waals surface area contributed by atoms with Gasteiger partial charge >= 0.3 is 0 Å². The highest BCUT2D eigenvalue weighted by Gasteiger charge is 2.26. The van der Waals surface area contributed by atoms with Crippen LogP contribution in [0.4, 0.5) is 0 Å². The first kappa shape index (κ1) is 16.4. The van der Waals surface area contributed by atoms with Gasteiger partial charge in [-0.3, -0.25) is 9.59 Å². The zero-order chi connectivity index (χ0) is 17.1. The van der Waals surface area contributed by atoms with Crippen LogP contribution in [-0.4, -0.2) is 33.7 Å². The Balaban J connectivity index is 1.79. The van der Waals surface area contributed by atoms with E-state index in [2.05, 4.69) is 5.10 Å². The van der Waals surface area contributed by atoms with Crippen molar-refractivity contribution in [1.82, 2.24) is 14.7 Å². The van der Waals surface area contributed by atoms with Gasteiger partial charge in [0.2, 0.25) is 5.91 Å². The Kier molecular flexibility index (Phi) is 4.79. The molecule has 0 saturated carbocycles. The molecule has 3 rings (SSSR count). The van der Waals surface area contributed by atoms with Crippen LogP contribution in [0.2, 0.25) is 0 Å². The van der Waals surface area contributed by atoms with E-state index < -0.39 is 0 Å². The van der Waals surface area contributed by atoms with Crippen molar-refractivity contribution in [3.63, 3.8) is 0 Å². The summed E-state index contributed by atoms with van der Waals surface area (Å²) < 4.78 is 1.60. The second-order valence-electron chi connectivity index (χ2n) is 6.58. The Morgan fingerprint density at radius 3 is 2.38 bits per heavy atom. The van der Waals surface area contributed by atoms with Gasteiger partial charge in [0.25, 0.3) is 5.56 Å². The summed E-state index contributed by atoms with van der Waals surface area (Å²) >= 11 is 0. The van der Waals surface area contributed by atoms with Gasteiger partial charge in [-0.05, 0) is 18.9 Å². The zero-order valence-electron chi connectivity index (χ0n) is 14.2. The standard InChI is InChI=1S/C19H23N3O2/c1-14(2)19(24)21-12-10-16(11-13-21)22-18(23)9-8-17(20-22)15-6-4-3-5-7-15/h3-9,14,16H,10-13H2,1-2H3. The van der Waals surface area contributed by atoms with E-state index in [1.807, 2.05) is 49.1 Å². The smallest absolute Gasteiger partial charge is 0.267 e. The second kappa shape index (κ2) is 6.99. The molecule has 1 aliphatic heterocycles. The van der Waals surface area contributed by atoms with Gasteiger partial charge in [0.15, 0.2) is 0 Å². The normalized spacial score (nSPS) is 15.7. The van der Waals surface area contributed by atoms with Gasteiger partial charge in [-0.1, -0.05) is 44.2 Å². The molecule has 0 atom stereocenters. The van der Waals surface area contributed by atoms with E-state index in [1.54, 1.807) is 16.8 Å².